The summed E-state index contributed by atoms with van der Waals surface area (Å²) in [6.45, 7) is 5.08. The lowest BCUT2D eigenvalue weighted by Gasteiger charge is -2.44. The molecule has 0 unspecified atom stereocenters. The highest BCUT2D eigenvalue weighted by Gasteiger charge is 2.44. The van der Waals surface area contributed by atoms with E-state index in [1.807, 2.05) is 43.0 Å². The quantitative estimate of drug-likeness (QED) is 0.592. The molecule has 0 atom stereocenters. The molecule has 1 saturated heterocycles. The summed E-state index contributed by atoms with van der Waals surface area (Å²) in [5.74, 6) is 0.884. The number of nitrogens with zero attached hydrogens (tertiary/aromatic N) is 1. The predicted octanol–water partition coefficient (Wildman–Crippen LogP) is 5.17. The van der Waals surface area contributed by atoms with Crippen LogP contribution in [0, 0.1) is 13.8 Å². The Morgan fingerprint density at radius 1 is 0.971 bits per heavy atom. The first-order valence-electron chi connectivity index (χ1n) is 12.6. The molecular formula is C29H33NO4. The van der Waals surface area contributed by atoms with Crippen molar-refractivity contribution in [3.8, 4) is 5.75 Å². The van der Waals surface area contributed by atoms with Gasteiger partial charge in [0.1, 0.15) is 11.4 Å². The second-order valence-corrected chi connectivity index (χ2v) is 10.3. The van der Waals surface area contributed by atoms with Gasteiger partial charge in [0.05, 0.1) is 12.0 Å². The average Bonchev–Trinajstić information content (AvgIpc) is 2.83. The van der Waals surface area contributed by atoms with Crippen LogP contribution in [0.3, 0.4) is 0 Å². The Labute approximate surface area is 201 Å². The van der Waals surface area contributed by atoms with E-state index in [-0.39, 0.29) is 30.3 Å². The Morgan fingerprint density at radius 2 is 1.71 bits per heavy atom. The first-order valence-corrected chi connectivity index (χ1v) is 12.6. The number of hydrogen-bond donors (Lipinski definition) is 0. The van der Waals surface area contributed by atoms with Gasteiger partial charge in [0.2, 0.25) is 5.91 Å². The summed E-state index contributed by atoms with van der Waals surface area (Å²) in [5, 5.41) is 0. The number of hydrogen-bond acceptors (Lipinski definition) is 4. The molecule has 1 fully saturated rings. The molecule has 0 saturated carbocycles. The van der Waals surface area contributed by atoms with E-state index in [0.717, 1.165) is 29.5 Å². The Kier molecular flexibility index (Phi) is 6.05. The zero-order chi connectivity index (χ0) is 23.9. The molecule has 5 nitrogen and oxygen atoms in total. The van der Waals surface area contributed by atoms with Gasteiger partial charge in [0, 0.05) is 44.3 Å². The summed E-state index contributed by atoms with van der Waals surface area (Å²) in [5.41, 5.74) is 5.58. The number of likely N-dealkylation sites (tertiary alicyclic amines) is 1. The number of rotatable bonds is 4. The molecule has 0 aromatic heterocycles. The molecule has 1 aliphatic carbocycles. The Hall–Kier alpha value is -2.95. The molecule has 34 heavy (non-hydrogen) atoms. The van der Waals surface area contributed by atoms with Crippen LogP contribution in [-0.2, 0) is 17.6 Å². The highest BCUT2D eigenvalue weighted by atomic mass is 16.5. The van der Waals surface area contributed by atoms with Crippen molar-refractivity contribution >= 4 is 17.5 Å². The Morgan fingerprint density at radius 3 is 2.47 bits per heavy atom. The number of carbonyl (C=O) groups is 3. The van der Waals surface area contributed by atoms with Crippen molar-refractivity contribution in [2.75, 3.05) is 13.1 Å². The van der Waals surface area contributed by atoms with Crippen LogP contribution in [0.25, 0.3) is 0 Å². The highest BCUT2D eigenvalue weighted by Crippen LogP contribution is 2.41. The van der Waals surface area contributed by atoms with Gasteiger partial charge in [-0.1, -0.05) is 18.2 Å². The number of ether oxygens (including phenoxy) is 1. The van der Waals surface area contributed by atoms with Crippen molar-refractivity contribution in [3.63, 3.8) is 0 Å². The van der Waals surface area contributed by atoms with Gasteiger partial charge >= 0.3 is 0 Å². The molecule has 3 aliphatic rings. The zero-order valence-corrected chi connectivity index (χ0v) is 20.2. The van der Waals surface area contributed by atoms with Crippen LogP contribution in [0.15, 0.2) is 30.3 Å². The summed E-state index contributed by atoms with van der Waals surface area (Å²) in [7, 11) is 0. The molecule has 178 valence electrons. The molecular weight excluding hydrogens is 426 g/mol. The number of aryl methyl sites for hydroxylation is 4. The summed E-state index contributed by atoms with van der Waals surface area (Å²) in [6.07, 6.45) is 6.63. The van der Waals surface area contributed by atoms with Crippen molar-refractivity contribution in [2.24, 2.45) is 0 Å². The second-order valence-electron chi connectivity index (χ2n) is 10.3. The lowest BCUT2D eigenvalue weighted by molar-refractivity contribution is -0.134. The van der Waals surface area contributed by atoms with E-state index in [0.29, 0.717) is 43.7 Å². The Bertz CT molecular complexity index is 1160. The molecule has 5 heteroatoms. The van der Waals surface area contributed by atoms with Crippen molar-refractivity contribution < 1.29 is 19.1 Å². The maximum Gasteiger partial charge on any atom is 0.223 e. The van der Waals surface area contributed by atoms with Gasteiger partial charge in [-0.25, -0.2) is 0 Å². The van der Waals surface area contributed by atoms with Gasteiger partial charge in [0.15, 0.2) is 11.6 Å². The Balaban J connectivity index is 1.17. The number of carbonyl (C=O) groups excluding carboxylic acids is 3. The largest absolute Gasteiger partial charge is 0.486 e. The number of Topliss-reactive ketones (excluding diaryl/α,β-unsaturated/α-hetero) is 2. The van der Waals surface area contributed by atoms with Gasteiger partial charge in [-0.2, -0.15) is 0 Å². The topological polar surface area (TPSA) is 63.7 Å². The minimum Gasteiger partial charge on any atom is -0.486 e. The van der Waals surface area contributed by atoms with Crippen LogP contribution in [-0.4, -0.2) is 41.1 Å². The third kappa shape index (κ3) is 4.40. The molecule has 0 radical (unpaired) electrons. The molecule has 0 N–H and O–H groups in total. The number of ketones is 2. The van der Waals surface area contributed by atoms with E-state index in [4.69, 9.17) is 4.74 Å². The maximum atomic E-state index is 12.9. The van der Waals surface area contributed by atoms with E-state index < -0.39 is 5.60 Å². The molecule has 1 amide bonds. The standard InChI is InChI=1S/C29H33NO4/c1-19-15-20(2)28-24(16-19)26(32)18-29(34-28)11-13-30(14-12-29)27(33)10-9-25(31)23-8-7-21-5-3-4-6-22(21)17-23/h7-8,15-17H,3-6,9-14,18H2,1-2H3. The minimum absolute atomic E-state index is 0.00972. The number of amides is 1. The zero-order valence-electron chi connectivity index (χ0n) is 20.2. The fraction of sp³-hybridized carbons (Fsp3) is 0.483. The van der Waals surface area contributed by atoms with E-state index >= 15 is 0 Å². The first-order chi connectivity index (χ1) is 16.3. The van der Waals surface area contributed by atoms with Crippen LogP contribution >= 0.6 is 0 Å². The third-order valence-electron chi connectivity index (χ3n) is 7.78. The fourth-order valence-electron chi connectivity index (χ4n) is 5.81. The van der Waals surface area contributed by atoms with Crippen molar-refractivity contribution in [3.05, 3.63) is 63.7 Å². The number of piperidine rings is 1. The molecule has 2 aromatic carbocycles. The number of benzene rings is 2. The monoisotopic (exact) mass is 459 g/mol. The molecule has 2 aromatic rings. The summed E-state index contributed by atoms with van der Waals surface area (Å²) >= 11 is 0. The van der Waals surface area contributed by atoms with Crippen LogP contribution in [0.5, 0.6) is 5.75 Å². The average molecular weight is 460 g/mol. The molecule has 0 bridgehead atoms. The third-order valence-corrected chi connectivity index (χ3v) is 7.78. The normalized spacial score (nSPS) is 18.8. The maximum absolute atomic E-state index is 12.9. The molecule has 2 aliphatic heterocycles. The molecule has 1 spiro atoms. The summed E-state index contributed by atoms with van der Waals surface area (Å²) < 4.78 is 6.43. The van der Waals surface area contributed by atoms with Gasteiger partial charge in [-0.3, -0.25) is 14.4 Å². The van der Waals surface area contributed by atoms with Crippen LogP contribution < -0.4 is 4.74 Å². The second kappa shape index (κ2) is 9.01. The van der Waals surface area contributed by atoms with Crippen molar-refractivity contribution in [2.45, 2.75) is 77.2 Å². The minimum atomic E-state index is -0.528. The lowest BCUT2D eigenvalue weighted by atomic mass is 9.81. The van der Waals surface area contributed by atoms with Crippen molar-refractivity contribution in [1.82, 2.24) is 4.90 Å². The van der Waals surface area contributed by atoms with E-state index in [1.165, 1.54) is 24.0 Å². The number of fused-ring (bicyclic) bond motifs is 2. The summed E-state index contributed by atoms with van der Waals surface area (Å²) in [4.78, 5) is 40.3. The first kappa shape index (κ1) is 22.8. The van der Waals surface area contributed by atoms with Crippen molar-refractivity contribution in [1.29, 1.82) is 0 Å². The van der Waals surface area contributed by atoms with Gasteiger partial charge < -0.3 is 9.64 Å². The summed E-state index contributed by atoms with van der Waals surface area (Å²) in [6, 6.07) is 9.99. The van der Waals surface area contributed by atoms with Gasteiger partial charge in [-0.05, 0) is 73.9 Å². The van der Waals surface area contributed by atoms with Crippen LogP contribution in [0.4, 0.5) is 0 Å². The van der Waals surface area contributed by atoms with E-state index in [2.05, 4.69) is 6.07 Å². The van der Waals surface area contributed by atoms with Gasteiger partial charge in [-0.15, -0.1) is 0 Å². The highest BCUT2D eigenvalue weighted by molar-refractivity contribution is 6.01. The van der Waals surface area contributed by atoms with Crippen LogP contribution in [0.2, 0.25) is 0 Å². The molecule has 2 heterocycles. The fourth-order valence-corrected chi connectivity index (χ4v) is 5.81. The smallest absolute Gasteiger partial charge is 0.223 e. The van der Waals surface area contributed by atoms with Crippen LogP contribution in [0.1, 0.15) is 87.9 Å². The predicted molar refractivity (Wildman–Crippen MR) is 131 cm³/mol. The van der Waals surface area contributed by atoms with E-state index in [1.54, 1.807) is 0 Å². The SMILES string of the molecule is Cc1cc(C)c2c(c1)C(=O)CC1(CCN(C(=O)CCC(=O)c3ccc4c(c3)CCCC4)CC1)O2. The molecule has 5 rings (SSSR count). The van der Waals surface area contributed by atoms with Gasteiger partial charge in [0.25, 0.3) is 0 Å². The van der Waals surface area contributed by atoms with E-state index in [9.17, 15) is 14.4 Å². The lowest BCUT2D eigenvalue weighted by Crippen LogP contribution is -2.52.